The Balaban J connectivity index is 2.03. The van der Waals surface area contributed by atoms with Crippen LogP contribution in [0.5, 0.6) is 0 Å². The molecule has 0 saturated carbocycles. The van der Waals surface area contributed by atoms with Crippen molar-refractivity contribution in [2.24, 2.45) is 0 Å². The van der Waals surface area contributed by atoms with Gasteiger partial charge < -0.3 is 10.4 Å². The Morgan fingerprint density at radius 1 is 1.56 bits per heavy atom. The van der Waals surface area contributed by atoms with Gasteiger partial charge in [0.25, 0.3) is 0 Å². The molecule has 0 aliphatic rings. The average molecular weight is 243 g/mol. The minimum Gasteiger partial charge on any atom is -0.478 e. The molecule has 0 aliphatic heterocycles. The van der Waals surface area contributed by atoms with Crippen LogP contribution in [0.3, 0.4) is 0 Å². The number of rotatable bonds is 5. The predicted octanol–water partition coefficient (Wildman–Crippen LogP) is 2.29. The molecule has 2 rings (SSSR count). The van der Waals surface area contributed by atoms with Crippen molar-refractivity contribution in [3.63, 3.8) is 0 Å². The fraction of sp³-hybridized carbons (Fsp3) is 0.0769. The molecular formula is C13H13N3O2. The molecule has 1 heterocycles. The van der Waals surface area contributed by atoms with Gasteiger partial charge in [0, 0.05) is 30.2 Å². The first-order chi connectivity index (χ1) is 8.69. The molecule has 1 aromatic heterocycles. The highest BCUT2D eigenvalue weighted by atomic mass is 16.4. The number of carbonyl (C=O) groups is 1. The van der Waals surface area contributed by atoms with Crippen molar-refractivity contribution in [2.45, 2.75) is 6.54 Å². The lowest BCUT2D eigenvalue weighted by Gasteiger charge is -2.05. The van der Waals surface area contributed by atoms with Gasteiger partial charge in [-0.25, -0.2) is 9.48 Å². The summed E-state index contributed by atoms with van der Waals surface area (Å²) in [5.74, 6) is -0.932. The highest BCUT2D eigenvalue weighted by molar-refractivity contribution is 5.88. The molecule has 18 heavy (non-hydrogen) atoms. The third-order valence-corrected chi connectivity index (χ3v) is 2.45. The van der Waals surface area contributed by atoms with Crippen LogP contribution in [-0.2, 0) is 6.54 Å². The first kappa shape index (κ1) is 11.9. The second-order valence-electron chi connectivity index (χ2n) is 3.75. The van der Waals surface area contributed by atoms with E-state index in [1.54, 1.807) is 35.3 Å². The lowest BCUT2D eigenvalue weighted by Crippen LogP contribution is -2.01. The van der Waals surface area contributed by atoms with Crippen molar-refractivity contribution in [3.05, 3.63) is 54.4 Å². The zero-order valence-corrected chi connectivity index (χ0v) is 9.71. The number of aromatic carboxylic acids is 1. The number of benzene rings is 1. The average Bonchev–Trinajstić information content (AvgIpc) is 2.84. The molecule has 2 aromatic rings. The maximum absolute atomic E-state index is 10.8. The number of hydrogen-bond donors (Lipinski definition) is 2. The Kier molecular flexibility index (Phi) is 3.43. The van der Waals surface area contributed by atoms with E-state index in [9.17, 15) is 4.79 Å². The molecule has 5 heteroatoms. The highest BCUT2D eigenvalue weighted by Gasteiger charge is 2.03. The van der Waals surface area contributed by atoms with Crippen molar-refractivity contribution in [2.75, 3.05) is 5.32 Å². The van der Waals surface area contributed by atoms with E-state index in [2.05, 4.69) is 17.0 Å². The summed E-state index contributed by atoms with van der Waals surface area (Å²) in [7, 11) is 0. The highest BCUT2D eigenvalue weighted by Crippen LogP contribution is 2.12. The normalized spacial score (nSPS) is 10.0. The monoisotopic (exact) mass is 243 g/mol. The maximum atomic E-state index is 10.8. The molecule has 0 bridgehead atoms. The quantitative estimate of drug-likeness (QED) is 0.845. The fourth-order valence-electron chi connectivity index (χ4n) is 1.53. The minimum atomic E-state index is -0.932. The van der Waals surface area contributed by atoms with Gasteiger partial charge in [0.15, 0.2) is 0 Å². The van der Waals surface area contributed by atoms with Gasteiger partial charge in [-0.3, -0.25) is 0 Å². The third kappa shape index (κ3) is 2.76. The first-order valence-corrected chi connectivity index (χ1v) is 5.42. The van der Waals surface area contributed by atoms with E-state index >= 15 is 0 Å². The zero-order chi connectivity index (χ0) is 13.0. The number of anilines is 1. The van der Waals surface area contributed by atoms with E-state index in [1.165, 1.54) is 0 Å². The second-order valence-corrected chi connectivity index (χ2v) is 3.75. The molecule has 0 spiro atoms. The van der Waals surface area contributed by atoms with Crippen LogP contribution in [0.1, 0.15) is 15.9 Å². The smallest absolute Gasteiger partial charge is 0.335 e. The van der Waals surface area contributed by atoms with Crippen LogP contribution >= 0.6 is 0 Å². The molecule has 0 unspecified atom stereocenters. The third-order valence-electron chi connectivity index (χ3n) is 2.45. The number of carboxylic acids is 1. The van der Waals surface area contributed by atoms with Crippen LogP contribution in [0.15, 0.2) is 43.2 Å². The minimum absolute atomic E-state index is 0.266. The zero-order valence-electron chi connectivity index (χ0n) is 9.71. The number of nitrogens with one attached hydrogen (secondary N) is 1. The summed E-state index contributed by atoms with van der Waals surface area (Å²) in [5.41, 5.74) is 2.03. The number of nitrogens with zero attached hydrogens (tertiary/aromatic N) is 2. The van der Waals surface area contributed by atoms with E-state index in [0.29, 0.717) is 6.54 Å². The molecule has 0 saturated heterocycles. The summed E-state index contributed by atoms with van der Waals surface area (Å²) in [6, 6.07) is 6.69. The van der Waals surface area contributed by atoms with Gasteiger partial charge in [-0.1, -0.05) is 12.6 Å². The van der Waals surface area contributed by atoms with E-state index in [1.807, 2.05) is 12.3 Å². The molecule has 5 nitrogen and oxygen atoms in total. The molecule has 0 radical (unpaired) electrons. The number of hydrogen-bond acceptors (Lipinski definition) is 3. The Morgan fingerprint density at radius 3 is 3.06 bits per heavy atom. The fourth-order valence-corrected chi connectivity index (χ4v) is 1.53. The largest absolute Gasteiger partial charge is 0.478 e. The Hall–Kier alpha value is -2.56. The van der Waals surface area contributed by atoms with E-state index in [4.69, 9.17) is 5.11 Å². The van der Waals surface area contributed by atoms with Crippen LogP contribution in [0.2, 0.25) is 0 Å². The van der Waals surface area contributed by atoms with Crippen molar-refractivity contribution < 1.29 is 9.90 Å². The summed E-state index contributed by atoms with van der Waals surface area (Å²) >= 11 is 0. The molecule has 2 N–H and O–H groups in total. The summed E-state index contributed by atoms with van der Waals surface area (Å²) in [5, 5.41) is 16.1. The summed E-state index contributed by atoms with van der Waals surface area (Å²) < 4.78 is 1.62. The van der Waals surface area contributed by atoms with Gasteiger partial charge in [-0.05, 0) is 18.2 Å². The standard InChI is InChI=1S/C13H13N3O2/c1-2-16-9-10(8-15-16)7-14-12-5-3-4-11(6-12)13(17)18/h2-6,8-9,14H,1,7H2,(H,17,18). The van der Waals surface area contributed by atoms with Crippen molar-refractivity contribution in [3.8, 4) is 0 Å². The second kappa shape index (κ2) is 5.18. The van der Waals surface area contributed by atoms with E-state index in [-0.39, 0.29) is 5.56 Å². The Bertz CT molecular complexity index is 575. The first-order valence-electron chi connectivity index (χ1n) is 5.42. The van der Waals surface area contributed by atoms with Gasteiger partial charge in [0.2, 0.25) is 0 Å². The topological polar surface area (TPSA) is 67.2 Å². The van der Waals surface area contributed by atoms with Gasteiger partial charge in [0.05, 0.1) is 11.8 Å². The molecule has 0 fully saturated rings. The van der Waals surface area contributed by atoms with Crippen LogP contribution in [0.25, 0.3) is 6.20 Å². The van der Waals surface area contributed by atoms with Crippen molar-refractivity contribution in [1.29, 1.82) is 0 Å². The molecule has 92 valence electrons. The molecular weight excluding hydrogens is 230 g/mol. The summed E-state index contributed by atoms with van der Waals surface area (Å²) in [6.07, 6.45) is 5.19. The van der Waals surface area contributed by atoms with E-state index in [0.717, 1.165) is 11.3 Å². The van der Waals surface area contributed by atoms with Crippen molar-refractivity contribution in [1.82, 2.24) is 9.78 Å². The molecule has 0 atom stereocenters. The number of aromatic nitrogens is 2. The number of carboxylic acid groups (broad SMARTS) is 1. The van der Waals surface area contributed by atoms with Crippen LogP contribution in [0.4, 0.5) is 5.69 Å². The van der Waals surface area contributed by atoms with E-state index < -0.39 is 5.97 Å². The van der Waals surface area contributed by atoms with Crippen molar-refractivity contribution >= 4 is 17.9 Å². The molecule has 0 amide bonds. The lowest BCUT2D eigenvalue weighted by atomic mass is 10.2. The molecule has 0 aliphatic carbocycles. The van der Waals surface area contributed by atoms with Crippen LogP contribution in [0, 0.1) is 0 Å². The summed E-state index contributed by atoms with van der Waals surface area (Å²) in [6.45, 7) is 4.19. The lowest BCUT2D eigenvalue weighted by molar-refractivity contribution is 0.0697. The van der Waals surface area contributed by atoms with Gasteiger partial charge in [-0.2, -0.15) is 5.10 Å². The van der Waals surface area contributed by atoms with Gasteiger partial charge in [0.1, 0.15) is 0 Å². The van der Waals surface area contributed by atoms with Gasteiger partial charge >= 0.3 is 5.97 Å². The Labute approximate surface area is 104 Å². The Morgan fingerprint density at radius 2 is 2.39 bits per heavy atom. The SMILES string of the molecule is C=Cn1cc(CNc2cccc(C(=O)O)c2)cn1. The van der Waals surface area contributed by atoms with Gasteiger partial charge in [-0.15, -0.1) is 0 Å². The predicted molar refractivity (Wildman–Crippen MR) is 69.3 cm³/mol. The maximum Gasteiger partial charge on any atom is 0.335 e. The summed E-state index contributed by atoms with van der Waals surface area (Å²) in [4.78, 5) is 10.8. The molecule has 1 aromatic carbocycles. The van der Waals surface area contributed by atoms with Crippen LogP contribution < -0.4 is 5.32 Å². The van der Waals surface area contributed by atoms with Crippen LogP contribution in [-0.4, -0.2) is 20.9 Å².